The van der Waals surface area contributed by atoms with Gasteiger partial charge in [-0.05, 0) is 12.8 Å². The summed E-state index contributed by atoms with van der Waals surface area (Å²) in [5.41, 5.74) is 0.705. The van der Waals surface area contributed by atoms with Crippen LogP contribution in [0.3, 0.4) is 0 Å². The first-order valence-electron chi connectivity index (χ1n) is 5.97. The Hall–Kier alpha value is -1.63. The molecule has 0 saturated heterocycles. The van der Waals surface area contributed by atoms with E-state index in [4.69, 9.17) is 4.74 Å². The number of nitrogens with zero attached hydrogens (tertiary/aromatic N) is 1. The van der Waals surface area contributed by atoms with Gasteiger partial charge in [0.1, 0.15) is 6.54 Å². The summed E-state index contributed by atoms with van der Waals surface area (Å²) in [5, 5.41) is 4.31. The van der Waals surface area contributed by atoms with E-state index in [-0.39, 0.29) is 23.9 Å². The lowest BCUT2D eigenvalue weighted by Crippen LogP contribution is -2.32. The molecule has 1 aromatic heterocycles. The second-order valence-electron chi connectivity index (χ2n) is 4.59. The van der Waals surface area contributed by atoms with Crippen LogP contribution in [0.15, 0.2) is 10.2 Å². The van der Waals surface area contributed by atoms with Crippen LogP contribution in [0.4, 0.5) is 0 Å². The Morgan fingerprint density at radius 3 is 2.68 bits per heavy atom. The van der Waals surface area contributed by atoms with Crippen molar-refractivity contribution in [3.8, 4) is 0 Å². The van der Waals surface area contributed by atoms with Crippen molar-refractivity contribution in [1.82, 2.24) is 9.88 Å². The number of amides is 1. The van der Waals surface area contributed by atoms with Crippen molar-refractivity contribution in [2.45, 2.75) is 27.3 Å². The average molecular weight is 286 g/mol. The Bertz CT molecular complexity index is 504. The zero-order valence-corrected chi connectivity index (χ0v) is 12.1. The first kappa shape index (κ1) is 15.4. The van der Waals surface area contributed by atoms with Gasteiger partial charge in [0.2, 0.25) is 0 Å². The van der Waals surface area contributed by atoms with E-state index < -0.39 is 5.97 Å². The molecule has 0 atom stereocenters. The summed E-state index contributed by atoms with van der Waals surface area (Å²) in [6.07, 6.45) is 0. The molecule has 1 amide bonds. The van der Waals surface area contributed by atoms with Gasteiger partial charge in [-0.1, -0.05) is 25.2 Å². The molecule has 0 aliphatic heterocycles. The number of nitrogens with one attached hydrogen (secondary N) is 1. The zero-order chi connectivity index (χ0) is 14.4. The SMILES string of the molecule is Cc1csc(=O)n1CC(=O)OCC(=O)NCC(C)C. The maximum atomic E-state index is 11.5. The van der Waals surface area contributed by atoms with Crippen molar-refractivity contribution in [2.24, 2.45) is 5.92 Å². The van der Waals surface area contributed by atoms with Gasteiger partial charge in [-0.15, -0.1) is 0 Å². The highest BCUT2D eigenvalue weighted by atomic mass is 32.1. The first-order valence-corrected chi connectivity index (χ1v) is 6.85. The maximum absolute atomic E-state index is 11.5. The first-order chi connectivity index (χ1) is 8.90. The lowest BCUT2D eigenvalue weighted by Gasteiger charge is -2.08. The third-order valence-electron chi connectivity index (χ3n) is 2.34. The third kappa shape index (κ3) is 5.25. The number of aromatic nitrogens is 1. The second kappa shape index (κ2) is 7.08. The number of hydrogen-bond donors (Lipinski definition) is 1. The highest BCUT2D eigenvalue weighted by molar-refractivity contribution is 7.07. The molecule has 0 saturated carbocycles. The number of aryl methyl sites for hydroxylation is 1. The van der Waals surface area contributed by atoms with E-state index in [0.29, 0.717) is 18.2 Å². The molecular weight excluding hydrogens is 268 g/mol. The van der Waals surface area contributed by atoms with E-state index in [1.165, 1.54) is 4.57 Å². The van der Waals surface area contributed by atoms with Crippen molar-refractivity contribution < 1.29 is 14.3 Å². The molecule has 106 valence electrons. The Morgan fingerprint density at radius 1 is 1.47 bits per heavy atom. The molecule has 1 heterocycles. The van der Waals surface area contributed by atoms with Crippen LogP contribution in [0.5, 0.6) is 0 Å². The largest absolute Gasteiger partial charge is 0.454 e. The molecule has 0 aliphatic carbocycles. The summed E-state index contributed by atoms with van der Waals surface area (Å²) in [7, 11) is 0. The van der Waals surface area contributed by atoms with Gasteiger partial charge in [0.05, 0.1) is 0 Å². The molecule has 1 aromatic rings. The summed E-state index contributed by atoms with van der Waals surface area (Å²) in [6.45, 7) is 5.74. The van der Waals surface area contributed by atoms with Crippen molar-refractivity contribution in [2.75, 3.05) is 13.2 Å². The Balaban J connectivity index is 2.36. The molecule has 0 aliphatic rings. The van der Waals surface area contributed by atoms with E-state index in [1.54, 1.807) is 12.3 Å². The van der Waals surface area contributed by atoms with Crippen LogP contribution in [0.2, 0.25) is 0 Å². The average Bonchev–Trinajstić information content (AvgIpc) is 2.65. The minimum absolute atomic E-state index is 0.161. The summed E-state index contributed by atoms with van der Waals surface area (Å²) in [5.74, 6) is -0.591. The molecule has 0 fully saturated rings. The fourth-order valence-electron chi connectivity index (χ4n) is 1.29. The van der Waals surface area contributed by atoms with Gasteiger partial charge in [0.15, 0.2) is 6.61 Å². The van der Waals surface area contributed by atoms with Gasteiger partial charge in [0.25, 0.3) is 5.91 Å². The number of thiazole rings is 1. The minimum Gasteiger partial charge on any atom is -0.454 e. The van der Waals surface area contributed by atoms with Crippen molar-refractivity contribution in [3.05, 3.63) is 20.7 Å². The number of carbonyl (C=O) groups excluding carboxylic acids is 2. The maximum Gasteiger partial charge on any atom is 0.326 e. The Labute approximate surface area is 115 Å². The molecule has 19 heavy (non-hydrogen) atoms. The number of carbonyl (C=O) groups is 2. The van der Waals surface area contributed by atoms with Gasteiger partial charge < -0.3 is 10.1 Å². The quantitative estimate of drug-likeness (QED) is 0.774. The molecule has 0 aromatic carbocycles. The van der Waals surface area contributed by atoms with Gasteiger partial charge >= 0.3 is 10.8 Å². The highest BCUT2D eigenvalue weighted by Gasteiger charge is 2.11. The Kier molecular flexibility index (Phi) is 5.75. The van der Waals surface area contributed by atoms with Gasteiger partial charge in [-0.2, -0.15) is 0 Å². The van der Waals surface area contributed by atoms with Crippen LogP contribution in [0.1, 0.15) is 19.5 Å². The Morgan fingerprint density at radius 2 is 2.16 bits per heavy atom. The van der Waals surface area contributed by atoms with Crippen LogP contribution >= 0.6 is 11.3 Å². The van der Waals surface area contributed by atoms with Crippen LogP contribution < -0.4 is 10.2 Å². The lowest BCUT2D eigenvalue weighted by molar-refractivity contribution is -0.149. The number of hydrogen-bond acceptors (Lipinski definition) is 5. The van der Waals surface area contributed by atoms with Crippen LogP contribution in [-0.2, 0) is 20.9 Å². The standard InChI is InChI=1S/C12H18N2O4S/c1-8(2)4-13-10(15)6-18-11(16)5-14-9(3)7-19-12(14)17/h7-8H,4-6H2,1-3H3,(H,13,15). The van der Waals surface area contributed by atoms with Gasteiger partial charge in [-0.3, -0.25) is 19.0 Å². The minimum atomic E-state index is -0.594. The molecule has 0 unspecified atom stereocenters. The van der Waals surface area contributed by atoms with Gasteiger partial charge in [0, 0.05) is 17.6 Å². The van der Waals surface area contributed by atoms with Crippen LogP contribution in [0.25, 0.3) is 0 Å². The van der Waals surface area contributed by atoms with E-state index >= 15 is 0 Å². The van der Waals surface area contributed by atoms with Crippen molar-refractivity contribution in [3.63, 3.8) is 0 Å². The molecule has 1 N–H and O–H groups in total. The fraction of sp³-hybridized carbons (Fsp3) is 0.583. The molecule has 1 rings (SSSR count). The molecule has 6 nitrogen and oxygen atoms in total. The van der Waals surface area contributed by atoms with Crippen molar-refractivity contribution in [1.29, 1.82) is 0 Å². The third-order valence-corrected chi connectivity index (χ3v) is 3.22. The fourth-order valence-corrected chi connectivity index (χ4v) is 2.02. The topological polar surface area (TPSA) is 77.4 Å². The number of esters is 1. The summed E-state index contributed by atoms with van der Waals surface area (Å²) in [6, 6.07) is 0. The van der Waals surface area contributed by atoms with Crippen LogP contribution in [-0.4, -0.2) is 29.6 Å². The summed E-state index contributed by atoms with van der Waals surface area (Å²) < 4.78 is 6.13. The lowest BCUT2D eigenvalue weighted by atomic mass is 10.2. The van der Waals surface area contributed by atoms with E-state index in [1.807, 2.05) is 13.8 Å². The molecule has 0 bridgehead atoms. The molecular formula is C12H18N2O4S. The molecule has 7 heteroatoms. The summed E-state index contributed by atoms with van der Waals surface area (Å²) in [4.78, 5) is 34.0. The predicted octanol–water partition coefficient (Wildman–Crippen LogP) is 0.534. The highest BCUT2D eigenvalue weighted by Crippen LogP contribution is 1.99. The summed E-state index contributed by atoms with van der Waals surface area (Å²) >= 11 is 1.03. The van der Waals surface area contributed by atoms with E-state index in [9.17, 15) is 14.4 Å². The van der Waals surface area contributed by atoms with E-state index in [2.05, 4.69) is 5.32 Å². The normalized spacial score (nSPS) is 10.5. The number of rotatable bonds is 6. The second-order valence-corrected chi connectivity index (χ2v) is 5.41. The van der Waals surface area contributed by atoms with Crippen LogP contribution in [0, 0.1) is 12.8 Å². The monoisotopic (exact) mass is 286 g/mol. The molecule has 0 radical (unpaired) electrons. The van der Waals surface area contributed by atoms with Crippen molar-refractivity contribution >= 4 is 23.2 Å². The zero-order valence-electron chi connectivity index (χ0n) is 11.3. The van der Waals surface area contributed by atoms with Gasteiger partial charge in [-0.25, -0.2) is 0 Å². The number of ether oxygens (including phenoxy) is 1. The smallest absolute Gasteiger partial charge is 0.326 e. The molecule has 0 spiro atoms. The predicted molar refractivity (Wildman–Crippen MR) is 72.1 cm³/mol. The van der Waals surface area contributed by atoms with E-state index in [0.717, 1.165) is 11.3 Å².